The number of hydrogen-bond donors (Lipinski definition) is 0. The van der Waals surface area contributed by atoms with Crippen molar-refractivity contribution in [3.05, 3.63) is 12.2 Å². The molecule has 0 N–H and O–H groups in total. The average molecular weight is 290 g/mol. The van der Waals surface area contributed by atoms with E-state index < -0.39 is 0 Å². The second-order valence-electron chi connectivity index (χ2n) is 7.65. The van der Waals surface area contributed by atoms with Crippen molar-refractivity contribution in [3.8, 4) is 0 Å². The number of esters is 1. The maximum atomic E-state index is 12.3. The second kappa shape index (κ2) is 6.14. The highest BCUT2D eigenvalue weighted by Crippen LogP contribution is 2.55. The Bertz CT molecular complexity index is 402. The summed E-state index contributed by atoms with van der Waals surface area (Å²) in [6.07, 6.45) is 14.2. The Labute approximate surface area is 129 Å². The molecule has 0 aromatic heterocycles. The van der Waals surface area contributed by atoms with E-state index in [1.54, 1.807) is 6.92 Å². The summed E-state index contributed by atoms with van der Waals surface area (Å²) in [6.45, 7) is 5.58. The molecule has 0 saturated heterocycles. The molecule has 3 saturated carbocycles. The molecule has 2 atom stereocenters. The lowest BCUT2D eigenvalue weighted by Gasteiger charge is -2.43. The first-order valence-corrected chi connectivity index (χ1v) is 9.02. The van der Waals surface area contributed by atoms with Crippen LogP contribution in [0.15, 0.2) is 12.2 Å². The summed E-state index contributed by atoms with van der Waals surface area (Å²) < 4.78 is 6.23. The van der Waals surface area contributed by atoms with Gasteiger partial charge in [-0.25, -0.2) is 4.79 Å². The fraction of sp³-hybridized carbons (Fsp3) is 0.842. The Kier molecular flexibility index (Phi) is 4.42. The molecule has 0 bridgehead atoms. The predicted molar refractivity (Wildman–Crippen MR) is 84.9 cm³/mol. The largest absolute Gasteiger partial charge is 0.455 e. The lowest BCUT2D eigenvalue weighted by atomic mass is 9.71. The van der Waals surface area contributed by atoms with Crippen LogP contribution in [0.3, 0.4) is 0 Å². The van der Waals surface area contributed by atoms with E-state index in [-0.39, 0.29) is 11.6 Å². The summed E-state index contributed by atoms with van der Waals surface area (Å²) in [5, 5.41) is 0. The lowest BCUT2D eigenvalue weighted by molar-refractivity contribution is -0.170. The molecule has 3 rings (SSSR count). The Morgan fingerprint density at radius 2 is 1.62 bits per heavy atom. The van der Waals surface area contributed by atoms with Crippen molar-refractivity contribution in [1.29, 1.82) is 0 Å². The maximum Gasteiger partial charge on any atom is 0.333 e. The van der Waals surface area contributed by atoms with Crippen LogP contribution in [-0.4, -0.2) is 11.6 Å². The van der Waals surface area contributed by atoms with Gasteiger partial charge < -0.3 is 4.74 Å². The van der Waals surface area contributed by atoms with Crippen LogP contribution in [0.2, 0.25) is 0 Å². The molecule has 3 fully saturated rings. The van der Waals surface area contributed by atoms with Crippen LogP contribution in [-0.2, 0) is 9.53 Å². The van der Waals surface area contributed by atoms with Gasteiger partial charge in [0.05, 0.1) is 0 Å². The monoisotopic (exact) mass is 290 g/mol. The molecular weight excluding hydrogens is 260 g/mol. The van der Waals surface area contributed by atoms with Gasteiger partial charge in [-0.05, 0) is 50.9 Å². The topological polar surface area (TPSA) is 26.3 Å². The molecule has 2 nitrogen and oxygen atoms in total. The van der Waals surface area contributed by atoms with Crippen molar-refractivity contribution < 1.29 is 9.53 Å². The van der Waals surface area contributed by atoms with Gasteiger partial charge in [-0.15, -0.1) is 0 Å². The number of ether oxygens (including phenoxy) is 1. The number of carbonyl (C=O) groups is 1. The van der Waals surface area contributed by atoms with Gasteiger partial charge in [0.1, 0.15) is 5.60 Å². The SMILES string of the molecule is C=C(C)C(=O)OC1(C2CCCC2)CCCC1C1CCCC1. The summed E-state index contributed by atoms with van der Waals surface area (Å²) in [7, 11) is 0. The minimum Gasteiger partial charge on any atom is -0.455 e. The lowest BCUT2D eigenvalue weighted by Crippen LogP contribution is -2.47. The summed E-state index contributed by atoms with van der Waals surface area (Å²) >= 11 is 0. The molecule has 0 aromatic carbocycles. The third kappa shape index (κ3) is 2.78. The molecule has 2 unspecified atom stereocenters. The number of hydrogen-bond acceptors (Lipinski definition) is 2. The summed E-state index contributed by atoms with van der Waals surface area (Å²) in [6, 6.07) is 0. The smallest absolute Gasteiger partial charge is 0.333 e. The van der Waals surface area contributed by atoms with Crippen molar-refractivity contribution >= 4 is 5.97 Å². The minimum atomic E-state index is -0.151. The first kappa shape index (κ1) is 15.1. The van der Waals surface area contributed by atoms with E-state index in [1.807, 2.05) is 0 Å². The van der Waals surface area contributed by atoms with Gasteiger partial charge in [0.15, 0.2) is 0 Å². The molecule has 3 aliphatic carbocycles. The number of rotatable bonds is 4. The minimum absolute atomic E-state index is 0.146. The van der Waals surface area contributed by atoms with E-state index in [2.05, 4.69) is 6.58 Å². The van der Waals surface area contributed by atoms with E-state index in [4.69, 9.17) is 4.74 Å². The van der Waals surface area contributed by atoms with Crippen molar-refractivity contribution in [2.75, 3.05) is 0 Å². The zero-order valence-corrected chi connectivity index (χ0v) is 13.5. The van der Waals surface area contributed by atoms with Crippen molar-refractivity contribution in [3.63, 3.8) is 0 Å². The third-order valence-electron chi connectivity index (χ3n) is 6.36. The third-order valence-corrected chi connectivity index (χ3v) is 6.36. The first-order chi connectivity index (χ1) is 10.1. The van der Waals surface area contributed by atoms with Crippen LogP contribution >= 0.6 is 0 Å². The zero-order chi connectivity index (χ0) is 14.9. The van der Waals surface area contributed by atoms with Crippen LogP contribution in [0.1, 0.15) is 77.6 Å². The average Bonchev–Trinajstić information content (AvgIpc) is 3.20. The van der Waals surface area contributed by atoms with Gasteiger partial charge in [0.2, 0.25) is 0 Å². The molecule has 0 amide bonds. The van der Waals surface area contributed by atoms with Gasteiger partial charge in [-0.3, -0.25) is 0 Å². The van der Waals surface area contributed by atoms with Gasteiger partial charge >= 0.3 is 5.97 Å². The Morgan fingerprint density at radius 1 is 1.00 bits per heavy atom. The van der Waals surface area contributed by atoms with Gasteiger partial charge in [-0.1, -0.05) is 45.1 Å². The molecule has 21 heavy (non-hydrogen) atoms. The molecule has 2 heteroatoms. The van der Waals surface area contributed by atoms with Gasteiger partial charge in [0.25, 0.3) is 0 Å². The summed E-state index contributed by atoms with van der Waals surface area (Å²) in [5.74, 6) is 1.87. The van der Waals surface area contributed by atoms with Crippen LogP contribution < -0.4 is 0 Å². The highest BCUT2D eigenvalue weighted by atomic mass is 16.6. The second-order valence-corrected chi connectivity index (χ2v) is 7.65. The standard InChI is InChI=1S/C19H30O2/c1-14(2)18(20)21-19(16-10-5-6-11-16)13-7-12-17(19)15-8-3-4-9-15/h15-17H,1,3-13H2,2H3. The van der Waals surface area contributed by atoms with Crippen LogP contribution in [0.4, 0.5) is 0 Å². The highest BCUT2D eigenvalue weighted by Gasteiger charge is 2.54. The van der Waals surface area contributed by atoms with Crippen molar-refractivity contribution in [2.24, 2.45) is 17.8 Å². The maximum absolute atomic E-state index is 12.3. The van der Waals surface area contributed by atoms with E-state index in [1.165, 1.54) is 64.2 Å². The molecule has 0 radical (unpaired) electrons. The molecule has 0 aliphatic heterocycles. The fourth-order valence-electron chi connectivity index (χ4n) is 5.41. The summed E-state index contributed by atoms with van der Waals surface area (Å²) in [5.41, 5.74) is 0.408. The molecule has 0 spiro atoms. The van der Waals surface area contributed by atoms with E-state index in [0.29, 0.717) is 17.4 Å². The van der Waals surface area contributed by atoms with Crippen molar-refractivity contribution in [2.45, 2.75) is 83.2 Å². The Hall–Kier alpha value is -0.790. The van der Waals surface area contributed by atoms with Crippen LogP contribution in [0.5, 0.6) is 0 Å². The first-order valence-electron chi connectivity index (χ1n) is 9.02. The Balaban J connectivity index is 1.86. The molecule has 0 aromatic rings. The molecule has 0 heterocycles. The Morgan fingerprint density at radius 3 is 2.24 bits per heavy atom. The normalized spacial score (nSPS) is 34.4. The van der Waals surface area contributed by atoms with E-state index in [0.717, 1.165) is 12.3 Å². The highest BCUT2D eigenvalue weighted by molar-refractivity contribution is 5.87. The molecule has 3 aliphatic rings. The fourth-order valence-corrected chi connectivity index (χ4v) is 5.41. The van der Waals surface area contributed by atoms with Gasteiger partial charge in [-0.2, -0.15) is 0 Å². The zero-order valence-electron chi connectivity index (χ0n) is 13.5. The van der Waals surface area contributed by atoms with Gasteiger partial charge in [0, 0.05) is 11.5 Å². The number of carbonyl (C=O) groups excluding carboxylic acids is 1. The van der Waals surface area contributed by atoms with E-state index >= 15 is 0 Å². The van der Waals surface area contributed by atoms with Crippen molar-refractivity contribution in [1.82, 2.24) is 0 Å². The van der Waals surface area contributed by atoms with E-state index in [9.17, 15) is 4.79 Å². The van der Waals surface area contributed by atoms with Crippen LogP contribution in [0, 0.1) is 17.8 Å². The quantitative estimate of drug-likeness (QED) is 0.536. The molecular formula is C19H30O2. The predicted octanol–water partition coefficient (Wildman–Crippen LogP) is 5.03. The van der Waals surface area contributed by atoms with Crippen LogP contribution in [0.25, 0.3) is 0 Å². The molecule has 118 valence electrons. The summed E-state index contributed by atoms with van der Waals surface area (Å²) in [4.78, 5) is 12.3.